The lowest BCUT2D eigenvalue weighted by Gasteiger charge is -2.34. The van der Waals surface area contributed by atoms with Gasteiger partial charge in [-0.3, -0.25) is 4.79 Å². The fourth-order valence-electron chi connectivity index (χ4n) is 3.96. The van der Waals surface area contributed by atoms with Crippen molar-refractivity contribution in [2.45, 2.75) is 68.5 Å². The molecule has 0 aliphatic heterocycles. The average molecular weight is 487 g/mol. The number of carbonyl (C=O) groups excluding carboxylic acids is 1. The zero-order chi connectivity index (χ0) is 24.4. The number of benzene rings is 1. The molecule has 3 N–H and O–H groups in total. The van der Waals surface area contributed by atoms with Gasteiger partial charge in [-0.15, -0.1) is 0 Å². The number of anilines is 1. The van der Waals surface area contributed by atoms with Gasteiger partial charge in [-0.1, -0.05) is 39.5 Å². The third-order valence-corrected chi connectivity index (χ3v) is 8.36. The van der Waals surface area contributed by atoms with Crippen LogP contribution in [0.25, 0.3) is 0 Å². The van der Waals surface area contributed by atoms with E-state index in [0.29, 0.717) is 28.6 Å². The standard InChI is InChI=1S/C24H30N4O3S2/c1-5-21(22(29)27-18-7-9-19(10-8-18)33(26,30)31)32-23-16(14-25)12-15-13-17(24(2,3)4)6-11-20(15)28-23/h7-10,12,17,21H,5-6,11,13H2,1-4H3,(H,27,29)(H2,26,30,31). The van der Waals surface area contributed by atoms with Crippen LogP contribution in [0.3, 0.4) is 0 Å². The molecule has 1 amide bonds. The zero-order valence-corrected chi connectivity index (χ0v) is 21.0. The molecule has 1 aromatic carbocycles. The Morgan fingerprint density at radius 1 is 1.33 bits per heavy atom. The smallest absolute Gasteiger partial charge is 0.238 e. The number of nitrogens with zero attached hydrogens (tertiary/aromatic N) is 2. The van der Waals surface area contributed by atoms with Gasteiger partial charge in [-0.05, 0) is 72.9 Å². The number of nitriles is 1. The van der Waals surface area contributed by atoms with Gasteiger partial charge in [0.25, 0.3) is 0 Å². The van der Waals surface area contributed by atoms with E-state index in [0.717, 1.165) is 30.5 Å². The van der Waals surface area contributed by atoms with E-state index in [1.165, 1.54) is 36.0 Å². The second-order valence-electron chi connectivity index (χ2n) is 9.44. The zero-order valence-electron chi connectivity index (χ0n) is 19.4. The van der Waals surface area contributed by atoms with Crippen LogP contribution in [0, 0.1) is 22.7 Å². The van der Waals surface area contributed by atoms with Gasteiger partial charge in [0.2, 0.25) is 15.9 Å². The number of sulfonamides is 1. The van der Waals surface area contributed by atoms with Crippen molar-refractivity contribution in [2.75, 3.05) is 5.32 Å². The second-order valence-corrected chi connectivity index (χ2v) is 12.2. The molecule has 0 spiro atoms. The molecule has 3 rings (SSSR count). The summed E-state index contributed by atoms with van der Waals surface area (Å²) in [7, 11) is -3.79. The van der Waals surface area contributed by atoms with E-state index in [1.54, 1.807) is 0 Å². The summed E-state index contributed by atoms with van der Waals surface area (Å²) in [6, 6.07) is 9.89. The summed E-state index contributed by atoms with van der Waals surface area (Å²) < 4.78 is 22.8. The minimum atomic E-state index is -3.79. The molecule has 0 radical (unpaired) electrons. The Labute approximate surface area is 200 Å². The fraction of sp³-hybridized carbons (Fsp3) is 0.458. The first-order chi connectivity index (χ1) is 15.4. The first kappa shape index (κ1) is 25.2. The lowest BCUT2D eigenvalue weighted by Crippen LogP contribution is -2.28. The minimum Gasteiger partial charge on any atom is -0.325 e. The number of carbonyl (C=O) groups is 1. The van der Waals surface area contributed by atoms with Crippen molar-refractivity contribution in [3.8, 4) is 6.07 Å². The van der Waals surface area contributed by atoms with E-state index in [1.807, 2.05) is 13.0 Å². The molecular weight excluding hydrogens is 456 g/mol. The summed E-state index contributed by atoms with van der Waals surface area (Å²) >= 11 is 1.29. The van der Waals surface area contributed by atoms with Gasteiger partial charge < -0.3 is 5.32 Å². The topological polar surface area (TPSA) is 126 Å². The number of aryl methyl sites for hydroxylation is 1. The van der Waals surface area contributed by atoms with Crippen molar-refractivity contribution in [3.05, 3.63) is 47.2 Å². The predicted octanol–water partition coefficient (Wildman–Crippen LogP) is 4.26. The Morgan fingerprint density at radius 2 is 2.00 bits per heavy atom. The quantitative estimate of drug-likeness (QED) is 0.588. The molecule has 0 bridgehead atoms. The Hall–Kier alpha value is -2.41. The third-order valence-electron chi connectivity index (χ3n) is 6.06. The van der Waals surface area contributed by atoms with E-state index in [9.17, 15) is 18.5 Å². The molecule has 9 heteroatoms. The van der Waals surface area contributed by atoms with Crippen LogP contribution in [-0.2, 0) is 27.7 Å². The largest absolute Gasteiger partial charge is 0.325 e. The van der Waals surface area contributed by atoms with Gasteiger partial charge in [0.05, 0.1) is 15.7 Å². The van der Waals surface area contributed by atoms with Crippen LogP contribution < -0.4 is 10.5 Å². The van der Waals surface area contributed by atoms with Crippen molar-refractivity contribution >= 4 is 33.4 Å². The van der Waals surface area contributed by atoms with Gasteiger partial charge in [-0.25, -0.2) is 18.5 Å². The summed E-state index contributed by atoms with van der Waals surface area (Å²) in [5.74, 6) is 0.314. The van der Waals surface area contributed by atoms with Crippen LogP contribution in [0.15, 0.2) is 40.3 Å². The molecular formula is C24H30N4O3S2. The average Bonchev–Trinajstić information content (AvgIpc) is 2.75. The SMILES string of the molecule is CCC(Sc1nc2c(cc1C#N)CC(C(C)(C)C)CC2)C(=O)Nc1ccc(S(N)(=O)=O)cc1. The number of primary sulfonamides is 1. The predicted molar refractivity (Wildman–Crippen MR) is 130 cm³/mol. The van der Waals surface area contributed by atoms with Gasteiger partial charge >= 0.3 is 0 Å². The highest BCUT2D eigenvalue weighted by Gasteiger charge is 2.30. The second kappa shape index (κ2) is 9.84. The van der Waals surface area contributed by atoms with Crippen LogP contribution in [0.1, 0.15) is 57.4 Å². The van der Waals surface area contributed by atoms with Crippen molar-refractivity contribution in [1.82, 2.24) is 4.98 Å². The molecule has 1 aliphatic carbocycles. The first-order valence-corrected chi connectivity index (χ1v) is 13.4. The number of nitrogens with one attached hydrogen (secondary N) is 1. The molecule has 1 aromatic heterocycles. The number of fused-ring (bicyclic) bond motifs is 1. The molecule has 2 atom stereocenters. The number of nitrogens with two attached hydrogens (primary N) is 1. The summed E-state index contributed by atoms with van der Waals surface area (Å²) in [4.78, 5) is 17.7. The third kappa shape index (κ3) is 6.14. The number of hydrogen-bond donors (Lipinski definition) is 2. The Bertz CT molecular complexity index is 1180. The van der Waals surface area contributed by atoms with Gasteiger partial charge in [0.1, 0.15) is 11.1 Å². The molecule has 1 aliphatic rings. The van der Waals surface area contributed by atoms with Crippen LogP contribution >= 0.6 is 11.8 Å². The molecule has 7 nitrogen and oxygen atoms in total. The van der Waals surface area contributed by atoms with E-state index in [4.69, 9.17) is 10.1 Å². The van der Waals surface area contributed by atoms with Crippen LogP contribution in [0.2, 0.25) is 0 Å². The number of hydrogen-bond acceptors (Lipinski definition) is 6. The fourth-order valence-corrected chi connectivity index (χ4v) is 5.47. The van der Waals surface area contributed by atoms with Crippen LogP contribution in [0.4, 0.5) is 5.69 Å². The van der Waals surface area contributed by atoms with E-state index < -0.39 is 15.3 Å². The van der Waals surface area contributed by atoms with Crippen LogP contribution in [0.5, 0.6) is 0 Å². The van der Waals surface area contributed by atoms with E-state index in [2.05, 4.69) is 32.2 Å². The van der Waals surface area contributed by atoms with Crippen molar-refractivity contribution in [3.63, 3.8) is 0 Å². The summed E-state index contributed by atoms with van der Waals surface area (Å²) in [5, 5.41) is 17.8. The molecule has 0 saturated heterocycles. The van der Waals surface area contributed by atoms with Crippen molar-refractivity contribution in [2.24, 2.45) is 16.5 Å². The maximum atomic E-state index is 12.9. The normalized spacial score (nSPS) is 17.0. The van der Waals surface area contributed by atoms with Gasteiger partial charge in [-0.2, -0.15) is 5.26 Å². The minimum absolute atomic E-state index is 0.0208. The summed E-state index contributed by atoms with van der Waals surface area (Å²) in [6.45, 7) is 8.65. The highest BCUT2D eigenvalue weighted by molar-refractivity contribution is 8.00. The molecule has 1 heterocycles. The Balaban J connectivity index is 1.77. The van der Waals surface area contributed by atoms with Crippen LogP contribution in [-0.4, -0.2) is 24.6 Å². The molecule has 33 heavy (non-hydrogen) atoms. The number of amides is 1. The number of pyridine rings is 1. The van der Waals surface area contributed by atoms with Gasteiger partial charge in [0, 0.05) is 11.4 Å². The molecule has 0 saturated carbocycles. The number of rotatable bonds is 6. The summed E-state index contributed by atoms with van der Waals surface area (Å²) in [6.07, 6.45) is 3.39. The van der Waals surface area contributed by atoms with Gasteiger partial charge in [0.15, 0.2) is 0 Å². The summed E-state index contributed by atoms with van der Waals surface area (Å²) in [5.41, 5.74) is 3.33. The number of aromatic nitrogens is 1. The first-order valence-electron chi connectivity index (χ1n) is 11.0. The highest BCUT2D eigenvalue weighted by Crippen LogP contribution is 2.38. The highest BCUT2D eigenvalue weighted by atomic mass is 32.2. The Morgan fingerprint density at radius 3 is 2.55 bits per heavy atom. The molecule has 0 fully saturated rings. The maximum absolute atomic E-state index is 12.9. The molecule has 2 aromatic rings. The maximum Gasteiger partial charge on any atom is 0.238 e. The molecule has 2 unspecified atom stereocenters. The van der Waals surface area contributed by atoms with Crippen molar-refractivity contribution in [1.29, 1.82) is 5.26 Å². The van der Waals surface area contributed by atoms with Crippen molar-refractivity contribution < 1.29 is 13.2 Å². The number of thioether (sulfide) groups is 1. The lowest BCUT2D eigenvalue weighted by molar-refractivity contribution is -0.115. The lowest BCUT2D eigenvalue weighted by atomic mass is 9.71. The van der Waals surface area contributed by atoms with E-state index in [-0.39, 0.29) is 16.2 Å². The Kier molecular flexibility index (Phi) is 7.52. The van der Waals surface area contributed by atoms with E-state index >= 15 is 0 Å². The monoisotopic (exact) mass is 486 g/mol. The molecule has 176 valence electrons.